The van der Waals surface area contributed by atoms with Crippen LogP contribution in [-0.2, 0) is 13.5 Å². The molecule has 0 saturated carbocycles. The van der Waals surface area contributed by atoms with E-state index in [0.29, 0.717) is 17.1 Å². The number of rotatable bonds is 4. The SMILES string of the molecule is Cc1nn(C)c(C)c1CC(=O)c1c(Cl)cnn1C(C)C. The number of ketones is 1. The lowest BCUT2D eigenvalue weighted by atomic mass is 10.1. The summed E-state index contributed by atoms with van der Waals surface area (Å²) in [5, 5.41) is 8.91. The van der Waals surface area contributed by atoms with E-state index in [-0.39, 0.29) is 11.8 Å². The molecule has 0 unspecified atom stereocenters. The van der Waals surface area contributed by atoms with Crippen LogP contribution >= 0.6 is 11.6 Å². The molecule has 0 bridgehead atoms. The molecule has 0 fully saturated rings. The summed E-state index contributed by atoms with van der Waals surface area (Å²) in [6.07, 6.45) is 1.82. The second-order valence-corrected chi connectivity index (χ2v) is 5.66. The van der Waals surface area contributed by atoms with Crippen molar-refractivity contribution in [2.45, 2.75) is 40.2 Å². The van der Waals surface area contributed by atoms with E-state index in [1.165, 1.54) is 6.20 Å². The highest BCUT2D eigenvalue weighted by Gasteiger charge is 2.22. The molecule has 20 heavy (non-hydrogen) atoms. The molecular formula is C14H19ClN4O. The normalized spacial score (nSPS) is 11.3. The van der Waals surface area contributed by atoms with E-state index in [1.54, 1.807) is 9.36 Å². The Morgan fingerprint density at radius 2 is 2.05 bits per heavy atom. The maximum atomic E-state index is 12.6. The summed E-state index contributed by atoms with van der Waals surface area (Å²) in [6, 6.07) is 0.0949. The van der Waals surface area contributed by atoms with E-state index < -0.39 is 0 Å². The van der Waals surface area contributed by atoms with Crippen molar-refractivity contribution >= 4 is 17.4 Å². The zero-order chi connectivity index (χ0) is 15.0. The van der Waals surface area contributed by atoms with E-state index in [2.05, 4.69) is 10.2 Å². The molecule has 0 amide bonds. The third-order valence-electron chi connectivity index (χ3n) is 3.50. The fourth-order valence-electron chi connectivity index (χ4n) is 2.31. The Kier molecular flexibility index (Phi) is 3.99. The average molecular weight is 295 g/mol. The molecule has 0 saturated heterocycles. The van der Waals surface area contributed by atoms with E-state index in [9.17, 15) is 4.79 Å². The van der Waals surface area contributed by atoms with Crippen LogP contribution in [0, 0.1) is 13.8 Å². The van der Waals surface area contributed by atoms with Gasteiger partial charge in [0.25, 0.3) is 0 Å². The zero-order valence-corrected chi connectivity index (χ0v) is 13.2. The van der Waals surface area contributed by atoms with E-state index in [1.807, 2.05) is 34.7 Å². The van der Waals surface area contributed by atoms with Gasteiger partial charge in [0, 0.05) is 30.8 Å². The first-order chi connectivity index (χ1) is 9.32. The minimum absolute atomic E-state index is 0.0274. The maximum Gasteiger partial charge on any atom is 0.186 e. The van der Waals surface area contributed by atoms with Gasteiger partial charge in [-0.25, -0.2) is 0 Å². The first-order valence-corrected chi connectivity index (χ1v) is 6.96. The first-order valence-electron chi connectivity index (χ1n) is 6.58. The fraction of sp³-hybridized carbons (Fsp3) is 0.500. The number of nitrogens with zero attached hydrogens (tertiary/aromatic N) is 4. The standard InChI is InChI=1S/C14H19ClN4O/c1-8(2)19-14(12(15)7-16-19)13(20)6-11-9(3)17-18(5)10(11)4/h7-8H,6H2,1-5H3. The smallest absolute Gasteiger partial charge is 0.186 e. The summed E-state index contributed by atoms with van der Waals surface area (Å²) in [7, 11) is 1.88. The van der Waals surface area contributed by atoms with Crippen molar-refractivity contribution in [1.29, 1.82) is 0 Å². The van der Waals surface area contributed by atoms with E-state index in [0.717, 1.165) is 17.0 Å². The molecule has 2 aromatic rings. The first kappa shape index (κ1) is 14.8. The lowest BCUT2D eigenvalue weighted by Gasteiger charge is -2.10. The lowest BCUT2D eigenvalue weighted by molar-refractivity contribution is 0.0980. The van der Waals surface area contributed by atoms with Gasteiger partial charge in [-0.3, -0.25) is 14.2 Å². The number of carbonyl (C=O) groups excluding carboxylic acids is 1. The van der Waals surface area contributed by atoms with Crippen molar-refractivity contribution < 1.29 is 4.79 Å². The fourth-order valence-corrected chi connectivity index (χ4v) is 2.55. The molecule has 0 spiro atoms. The van der Waals surface area contributed by atoms with Crippen molar-refractivity contribution in [3.05, 3.63) is 33.9 Å². The van der Waals surface area contributed by atoms with Crippen LogP contribution in [0.2, 0.25) is 5.02 Å². The van der Waals surface area contributed by atoms with Crippen LogP contribution in [0.5, 0.6) is 0 Å². The van der Waals surface area contributed by atoms with Gasteiger partial charge in [-0.15, -0.1) is 0 Å². The maximum absolute atomic E-state index is 12.6. The molecule has 0 aromatic carbocycles. The Hall–Kier alpha value is -1.62. The number of carbonyl (C=O) groups is 1. The van der Waals surface area contributed by atoms with Gasteiger partial charge in [0.2, 0.25) is 0 Å². The van der Waals surface area contributed by atoms with Crippen molar-refractivity contribution in [3.63, 3.8) is 0 Å². The number of hydrogen-bond acceptors (Lipinski definition) is 3. The molecule has 0 aliphatic heterocycles. The Balaban J connectivity index is 2.36. The largest absolute Gasteiger partial charge is 0.292 e. The third kappa shape index (κ3) is 2.50. The molecule has 0 N–H and O–H groups in total. The second kappa shape index (κ2) is 5.40. The van der Waals surface area contributed by atoms with Gasteiger partial charge in [0.05, 0.1) is 16.9 Å². The van der Waals surface area contributed by atoms with Crippen LogP contribution in [0.3, 0.4) is 0 Å². The molecule has 0 atom stereocenters. The summed E-state index contributed by atoms with van der Waals surface area (Å²) < 4.78 is 3.46. The van der Waals surface area contributed by atoms with Crippen LogP contribution < -0.4 is 0 Å². The summed E-state index contributed by atoms with van der Waals surface area (Å²) in [4.78, 5) is 12.6. The molecule has 2 aromatic heterocycles. The highest BCUT2D eigenvalue weighted by Crippen LogP contribution is 2.22. The predicted molar refractivity (Wildman–Crippen MR) is 78.3 cm³/mol. The molecular weight excluding hydrogens is 276 g/mol. The van der Waals surface area contributed by atoms with Gasteiger partial charge in [0.1, 0.15) is 5.69 Å². The highest BCUT2D eigenvalue weighted by molar-refractivity contribution is 6.33. The van der Waals surface area contributed by atoms with Gasteiger partial charge >= 0.3 is 0 Å². The van der Waals surface area contributed by atoms with Crippen molar-refractivity contribution in [1.82, 2.24) is 19.6 Å². The van der Waals surface area contributed by atoms with Gasteiger partial charge < -0.3 is 0 Å². The molecule has 5 nitrogen and oxygen atoms in total. The monoisotopic (exact) mass is 294 g/mol. The van der Waals surface area contributed by atoms with Gasteiger partial charge in [-0.1, -0.05) is 11.6 Å². The van der Waals surface area contributed by atoms with Crippen LogP contribution in [0.25, 0.3) is 0 Å². The lowest BCUT2D eigenvalue weighted by Crippen LogP contribution is -2.15. The van der Waals surface area contributed by atoms with Crippen molar-refractivity contribution in [2.24, 2.45) is 7.05 Å². The van der Waals surface area contributed by atoms with E-state index >= 15 is 0 Å². The van der Waals surface area contributed by atoms with Crippen LogP contribution in [-0.4, -0.2) is 25.3 Å². The minimum atomic E-state index is -0.0274. The van der Waals surface area contributed by atoms with Gasteiger partial charge in [-0.2, -0.15) is 10.2 Å². The Morgan fingerprint density at radius 3 is 2.55 bits per heavy atom. The number of halogens is 1. The predicted octanol–water partition coefficient (Wildman–Crippen LogP) is 2.89. The van der Waals surface area contributed by atoms with Crippen LogP contribution in [0.4, 0.5) is 0 Å². The van der Waals surface area contributed by atoms with Crippen LogP contribution in [0.1, 0.15) is 47.3 Å². The minimum Gasteiger partial charge on any atom is -0.292 e. The summed E-state index contributed by atoms with van der Waals surface area (Å²) in [5.74, 6) is -0.0274. The molecule has 6 heteroatoms. The quantitative estimate of drug-likeness (QED) is 0.815. The summed E-state index contributed by atoms with van der Waals surface area (Å²) in [6.45, 7) is 7.82. The Labute approximate surface area is 123 Å². The molecule has 2 heterocycles. The average Bonchev–Trinajstić information content (AvgIpc) is 2.85. The summed E-state index contributed by atoms with van der Waals surface area (Å²) in [5.41, 5.74) is 3.32. The molecule has 0 aliphatic carbocycles. The Morgan fingerprint density at radius 1 is 1.40 bits per heavy atom. The number of aromatic nitrogens is 4. The van der Waals surface area contributed by atoms with Gasteiger partial charge in [-0.05, 0) is 27.7 Å². The zero-order valence-electron chi connectivity index (χ0n) is 12.4. The Bertz CT molecular complexity index is 654. The molecule has 2 rings (SSSR count). The van der Waals surface area contributed by atoms with Gasteiger partial charge in [0.15, 0.2) is 5.78 Å². The van der Waals surface area contributed by atoms with Crippen molar-refractivity contribution in [3.8, 4) is 0 Å². The number of hydrogen-bond donors (Lipinski definition) is 0. The number of aryl methyl sites for hydroxylation is 2. The van der Waals surface area contributed by atoms with E-state index in [4.69, 9.17) is 11.6 Å². The topological polar surface area (TPSA) is 52.7 Å². The number of Topliss-reactive ketones (excluding diaryl/α,β-unsaturated/α-hetero) is 1. The second-order valence-electron chi connectivity index (χ2n) is 5.25. The molecule has 108 valence electrons. The van der Waals surface area contributed by atoms with Crippen LogP contribution in [0.15, 0.2) is 6.20 Å². The highest BCUT2D eigenvalue weighted by atomic mass is 35.5. The molecule has 0 aliphatic rings. The van der Waals surface area contributed by atoms with Crippen molar-refractivity contribution in [2.75, 3.05) is 0 Å². The third-order valence-corrected chi connectivity index (χ3v) is 3.78. The summed E-state index contributed by atoms with van der Waals surface area (Å²) >= 11 is 6.11. The molecule has 0 radical (unpaired) electrons.